The molecule has 0 heterocycles. The van der Waals surface area contributed by atoms with Crippen molar-refractivity contribution in [2.75, 3.05) is 6.61 Å². The number of carbonyl (C=O) groups is 4. The van der Waals surface area contributed by atoms with Gasteiger partial charge in [-0.3, -0.25) is 14.4 Å². The summed E-state index contributed by atoms with van der Waals surface area (Å²) in [5, 5.41) is 11.5. The third kappa shape index (κ3) is 4.16. The maximum absolute atomic E-state index is 13.5. The van der Waals surface area contributed by atoms with E-state index in [-0.39, 0.29) is 57.4 Å². The van der Waals surface area contributed by atoms with Crippen LogP contribution in [0.4, 0.5) is 0 Å². The van der Waals surface area contributed by atoms with Crippen molar-refractivity contribution < 1.29 is 33.8 Å². The minimum Gasteiger partial charge on any atom is -0.462 e. The van der Waals surface area contributed by atoms with Gasteiger partial charge < -0.3 is 14.6 Å². The van der Waals surface area contributed by atoms with Crippen LogP contribution in [0.1, 0.15) is 80.1 Å². The zero-order valence-electron chi connectivity index (χ0n) is 26.1. The molecule has 0 saturated heterocycles. The Bertz CT molecular complexity index is 1250. The van der Waals surface area contributed by atoms with E-state index in [0.717, 1.165) is 38.2 Å². The first kappa shape index (κ1) is 30.9. The Kier molecular flexibility index (Phi) is 7.56. The number of rotatable bonds is 9. The summed E-state index contributed by atoms with van der Waals surface area (Å²) in [6.07, 6.45) is 9.21. The Morgan fingerprint density at radius 2 is 1.86 bits per heavy atom. The number of hydrogen-bond acceptors (Lipinski definition) is 7. The highest BCUT2D eigenvalue weighted by Gasteiger charge is 2.81. The van der Waals surface area contributed by atoms with Crippen molar-refractivity contribution in [3.05, 3.63) is 37.0 Å². The van der Waals surface area contributed by atoms with Gasteiger partial charge in [0.15, 0.2) is 11.6 Å². The summed E-state index contributed by atoms with van der Waals surface area (Å²) < 4.78 is 11.1. The predicted octanol–water partition coefficient (Wildman–Crippen LogP) is 5.41. The van der Waals surface area contributed by atoms with Gasteiger partial charge in [0.05, 0.1) is 6.61 Å². The highest BCUT2D eigenvalue weighted by molar-refractivity contribution is 5.98. The molecule has 7 nitrogen and oxygen atoms in total. The number of fused-ring (bicyclic) bond motifs is 2. The van der Waals surface area contributed by atoms with Crippen molar-refractivity contribution in [2.45, 2.75) is 92.3 Å². The van der Waals surface area contributed by atoms with Crippen molar-refractivity contribution in [3.63, 3.8) is 0 Å². The van der Waals surface area contributed by atoms with E-state index in [4.69, 9.17) is 9.47 Å². The molecule has 0 aliphatic heterocycles. The molecule has 5 aliphatic carbocycles. The Morgan fingerprint density at radius 1 is 1.17 bits per heavy atom. The Labute approximate surface area is 250 Å². The molecule has 0 aromatic carbocycles. The lowest BCUT2D eigenvalue weighted by atomic mass is 9.43. The monoisotopic (exact) mass is 580 g/mol. The van der Waals surface area contributed by atoms with Crippen LogP contribution in [0.2, 0.25) is 0 Å². The third-order valence-corrected chi connectivity index (χ3v) is 13.2. The summed E-state index contributed by atoms with van der Waals surface area (Å²) in [5.41, 5.74) is -0.00681. The first-order valence-corrected chi connectivity index (χ1v) is 15.7. The number of carbonyl (C=O) groups excluding carboxylic acids is 4. The third-order valence-electron chi connectivity index (χ3n) is 13.2. The Balaban J connectivity index is 1.43. The summed E-state index contributed by atoms with van der Waals surface area (Å²) in [7, 11) is 0. The zero-order valence-corrected chi connectivity index (χ0v) is 26.1. The van der Waals surface area contributed by atoms with Crippen LogP contribution in [0.25, 0.3) is 0 Å². The molecule has 2 spiro atoms. The quantitative estimate of drug-likeness (QED) is 0.287. The molecule has 7 heteroatoms. The molecule has 2 unspecified atom stereocenters. The highest BCUT2D eigenvalue weighted by atomic mass is 16.5. The summed E-state index contributed by atoms with van der Waals surface area (Å²) in [6.45, 7) is 19.1. The van der Waals surface area contributed by atoms with Crippen LogP contribution in [0.15, 0.2) is 37.0 Å². The second-order valence-electron chi connectivity index (χ2n) is 14.8. The van der Waals surface area contributed by atoms with Crippen LogP contribution in [0, 0.1) is 57.2 Å². The molecule has 5 rings (SSSR count). The largest absolute Gasteiger partial charge is 0.462 e. The van der Waals surface area contributed by atoms with Gasteiger partial charge in [0.25, 0.3) is 0 Å². The van der Waals surface area contributed by atoms with Crippen LogP contribution in [-0.2, 0) is 28.7 Å². The van der Waals surface area contributed by atoms with Crippen LogP contribution in [-0.4, -0.2) is 47.4 Å². The van der Waals surface area contributed by atoms with Crippen molar-refractivity contribution in [3.8, 4) is 0 Å². The standard InChI is InChI=1S/C35H48O7/c1-9-28(38)41-17-19(2)20(3)30(39)31(40)22(5)29-26(42-23(6)36)16-33(8)27-11-10-24-21(4)25(37)12-13-34(24)18-35(27,34)15-14-32(29,33)7/h9,12-13,19,21-22,24,26-27,29,31,40H,1,3,10-11,14-18H2,2,4-8H3/t19-,21-,22-,24?,26-,27?,29-,31+,32+,33-,34+,35-/m0/s1. The lowest BCUT2D eigenvalue weighted by Gasteiger charge is -2.61. The molecule has 4 saturated carbocycles. The van der Waals surface area contributed by atoms with Gasteiger partial charge in [-0.1, -0.05) is 53.9 Å². The summed E-state index contributed by atoms with van der Waals surface area (Å²) in [4.78, 5) is 50.0. The molecule has 1 N–H and O–H groups in total. The van der Waals surface area contributed by atoms with E-state index >= 15 is 0 Å². The average Bonchev–Trinajstić information content (AvgIpc) is 3.56. The number of hydrogen-bond donors (Lipinski definition) is 1. The average molecular weight is 581 g/mol. The highest BCUT2D eigenvalue weighted by Crippen LogP contribution is 2.87. The van der Waals surface area contributed by atoms with E-state index in [1.54, 1.807) is 6.92 Å². The lowest BCUT2D eigenvalue weighted by Crippen LogP contribution is -2.56. The molecular formula is C35H48O7. The minimum absolute atomic E-state index is 0.0308. The van der Waals surface area contributed by atoms with E-state index in [1.165, 1.54) is 6.92 Å². The summed E-state index contributed by atoms with van der Waals surface area (Å²) >= 11 is 0. The molecule has 4 fully saturated rings. The zero-order chi connectivity index (χ0) is 31.0. The lowest BCUT2D eigenvalue weighted by molar-refractivity contribution is -0.155. The van der Waals surface area contributed by atoms with Gasteiger partial charge in [-0.05, 0) is 89.6 Å². The van der Waals surface area contributed by atoms with E-state index in [0.29, 0.717) is 18.3 Å². The molecule has 12 atom stereocenters. The fourth-order valence-electron chi connectivity index (χ4n) is 10.9. The molecule has 0 amide bonds. The molecule has 42 heavy (non-hydrogen) atoms. The number of ether oxygens (including phenoxy) is 2. The molecular weight excluding hydrogens is 532 g/mol. The van der Waals surface area contributed by atoms with Crippen molar-refractivity contribution in [1.82, 2.24) is 0 Å². The van der Waals surface area contributed by atoms with Crippen LogP contribution < -0.4 is 0 Å². The van der Waals surface area contributed by atoms with Gasteiger partial charge in [-0.15, -0.1) is 0 Å². The van der Waals surface area contributed by atoms with Crippen molar-refractivity contribution in [2.24, 2.45) is 57.2 Å². The first-order chi connectivity index (χ1) is 19.6. The molecule has 0 aromatic heterocycles. The van der Waals surface area contributed by atoms with Crippen LogP contribution in [0.3, 0.4) is 0 Å². The number of aliphatic hydroxyl groups excluding tert-OH is 1. The van der Waals surface area contributed by atoms with Crippen LogP contribution >= 0.6 is 0 Å². The molecule has 5 aliphatic rings. The fraction of sp³-hybridized carbons (Fsp3) is 0.714. The first-order valence-electron chi connectivity index (χ1n) is 15.7. The SMILES string of the molecule is C=CC(=O)OC[C@H](C)C(=C)C(=O)[C@H](O)[C@@H](C)[C@H]1[C@@H](OC(C)=O)C[C@@]2(C)C3CCC4[C@H](C)C(=O)C=C[C@@]45C[C@@]35CC[C@]12C. The van der Waals surface area contributed by atoms with Gasteiger partial charge in [0.1, 0.15) is 12.2 Å². The smallest absolute Gasteiger partial charge is 0.330 e. The second kappa shape index (κ2) is 10.3. The normalized spacial score (nSPS) is 43.4. The summed E-state index contributed by atoms with van der Waals surface area (Å²) in [6, 6.07) is 0. The van der Waals surface area contributed by atoms with Crippen molar-refractivity contribution >= 4 is 23.5 Å². The number of esters is 2. The maximum atomic E-state index is 13.5. The van der Waals surface area contributed by atoms with Gasteiger partial charge in [-0.25, -0.2) is 4.79 Å². The number of allylic oxidation sites excluding steroid dienone is 2. The Morgan fingerprint density at radius 3 is 2.50 bits per heavy atom. The number of aliphatic hydroxyl groups is 1. The minimum atomic E-state index is -1.33. The van der Waals surface area contributed by atoms with Crippen molar-refractivity contribution in [1.29, 1.82) is 0 Å². The molecule has 0 aromatic rings. The second-order valence-corrected chi connectivity index (χ2v) is 14.8. The van der Waals surface area contributed by atoms with E-state index in [9.17, 15) is 24.3 Å². The molecule has 230 valence electrons. The maximum Gasteiger partial charge on any atom is 0.330 e. The van der Waals surface area contributed by atoms with E-state index in [1.807, 2.05) is 13.0 Å². The summed E-state index contributed by atoms with van der Waals surface area (Å²) in [5.74, 6) is -1.48. The van der Waals surface area contributed by atoms with E-state index in [2.05, 4.69) is 40.0 Å². The molecule has 0 bridgehead atoms. The number of Topliss-reactive ketones (excluding diaryl/α,β-unsaturated/α-hetero) is 1. The van der Waals surface area contributed by atoms with Crippen LogP contribution in [0.5, 0.6) is 0 Å². The Hall–Kier alpha value is -2.54. The van der Waals surface area contributed by atoms with Gasteiger partial charge in [0.2, 0.25) is 0 Å². The topological polar surface area (TPSA) is 107 Å². The van der Waals surface area contributed by atoms with E-state index < -0.39 is 35.8 Å². The molecule has 0 radical (unpaired) electrons. The van der Waals surface area contributed by atoms with Gasteiger partial charge >= 0.3 is 11.9 Å². The fourth-order valence-corrected chi connectivity index (χ4v) is 10.9. The van der Waals surface area contributed by atoms with Gasteiger partial charge in [-0.2, -0.15) is 0 Å². The number of ketones is 2. The predicted molar refractivity (Wildman–Crippen MR) is 158 cm³/mol. The van der Waals surface area contributed by atoms with Gasteiger partial charge in [0, 0.05) is 30.8 Å².